The Morgan fingerprint density at radius 3 is 2.86 bits per heavy atom. The highest BCUT2D eigenvalue weighted by atomic mass is 35.5. The van der Waals surface area contributed by atoms with Crippen LogP contribution in [0, 0.1) is 0 Å². The Bertz CT molecular complexity index is 704. The van der Waals surface area contributed by atoms with Crippen molar-refractivity contribution in [3.63, 3.8) is 0 Å². The molecular weight excluding hydrogens is 304 g/mol. The fourth-order valence-electron chi connectivity index (χ4n) is 2.13. The molecule has 1 aliphatic heterocycles. The topological polar surface area (TPSA) is 52.1 Å². The second-order valence-corrected chi connectivity index (χ2v) is 5.04. The number of ether oxygens (including phenoxy) is 3. The van der Waals surface area contributed by atoms with Crippen molar-refractivity contribution in [3.05, 3.63) is 52.5 Å². The van der Waals surface area contributed by atoms with Gasteiger partial charge in [0, 0.05) is 17.2 Å². The fraction of sp³-hybridized carbons (Fsp3) is 0.188. The van der Waals surface area contributed by atoms with Crippen LogP contribution in [0.1, 0.15) is 11.1 Å². The summed E-state index contributed by atoms with van der Waals surface area (Å²) in [6.45, 7) is 0.779. The highest BCUT2D eigenvalue weighted by Crippen LogP contribution is 2.36. The molecule has 2 aromatic rings. The number of benzene rings is 2. The first-order valence-electron chi connectivity index (χ1n) is 6.75. The van der Waals surface area contributed by atoms with Gasteiger partial charge in [-0.15, -0.1) is 0 Å². The third-order valence-corrected chi connectivity index (χ3v) is 3.58. The molecule has 2 aromatic carbocycles. The van der Waals surface area contributed by atoms with Crippen molar-refractivity contribution in [2.24, 2.45) is 5.10 Å². The zero-order valence-corrected chi connectivity index (χ0v) is 12.8. The minimum absolute atomic E-state index is 0.221. The minimum atomic E-state index is 0.221. The zero-order valence-electron chi connectivity index (χ0n) is 12.0. The van der Waals surface area contributed by atoms with Crippen LogP contribution in [0.15, 0.2) is 41.5 Å². The number of hydrogen-bond donors (Lipinski definition) is 1. The van der Waals surface area contributed by atoms with Crippen molar-refractivity contribution < 1.29 is 14.2 Å². The first-order valence-corrected chi connectivity index (χ1v) is 7.12. The number of rotatable bonds is 5. The Hall–Kier alpha value is -2.40. The summed E-state index contributed by atoms with van der Waals surface area (Å²) in [5.41, 5.74) is 4.77. The van der Waals surface area contributed by atoms with Crippen molar-refractivity contribution in [2.45, 2.75) is 6.54 Å². The predicted octanol–water partition coefficient (Wildman–Crippen LogP) is 3.20. The van der Waals surface area contributed by atoms with Gasteiger partial charge in [-0.2, -0.15) is 5.10 Å². The molecule has 0 atom stereocenters. The Labute approximate surface area is 133 Å². The molecule has 0 unspecified atom stereocenters. The molecule has 0 fully saturated rings. The second kappa shape index (κ2) is 6.58. The van der Waals surface area contributed by atoms with E-state index in [1.165, 1.54) is 0 Å². The summed E-state index contributed by atoms with van der Waals surface area (Å²) in [5.74, 6) is 2.16. The van der Waals surface area contributed by atoms with Crippen LogP contribution in [0.25, 0.3) is 0 Å². The van der Waals surface area contributed by atoms with Crippen LogP contribution in [0.5, 0.6) is 17.2 Å². The molecule has 5 nitrogen and oxygen atoms in total. The zero-order chi connectivity index (χ0) is 15.4. The molecule has 0 saturated heterocycles. The van der Waals surface area contributed by atoms with E-state index in [0.29, 0.717) is 23.1 Å². The molecule has 6 heteroatoms. The molecule has 1 heterocycles. The number of hydrazone groups is 1. The third kappa shape index (κ3) is 3.09. The lowest BCUT2D eigenvalue weighted by Crippen LogP contribution is -2.07. The summed E-state index contributed by atoms with van der Waals surface area (Å²) in [4.78, 5) is 0. The van der Waals surface area contributed by atoms with E-state index in [2.05, 4.69) is 10.5 Å². The second-order valence-electron chi connectivity index (χ2n) is 4.63. The molecule has 0 aliphatic carbocycles. The maximum atomic E-state index is 6.18. The largest absolute Gasteiger partial charge is 0.496 e. The summed E-state index contributed by atoms with van der Waals surface area (Å²) in [5, 5.41) is 4.75. The molecule has 0 spiro atoms. The summed E-state index contributed by atoms with van der Waals surface area (Å²) in [7, 11) is 1.65. The quantitative estimate of drug-likeness (QED) is 0.679. The van der Waals surface area contributed by atoms with E-state index in [-0.39, 0.29) is 6.79 Å². The van der Waals surface area contributed by atoms with Crippen molar-refractivity contribution in [3.8, 4) is 17.2 Å². The number of halogens is 1. The standard InChI is InChI=1S/C16H15ClN2O3/c1-20-14-5-3-2-4-11(14)8-18-19-9-12-6-15-16(7-13(12)17)22-10-21-15/h2-7,9,18H,8,10H2,1H3/b19-9-. The van der Waals surface area contributed by atoms with Crippen LogP contribution >= 0.6 is 11.6 Å². The maximum absolute atomic E-state index is 6.18. The lowest BCUT2D eigenvalue weighted by atomic mass is 10.2. The van der Waals surface area contributed by atoms with E-state index in [1.807, 2.05) is 24.3 Å². The van der Waals surface area contributed by atoms with Crippen LogP contribution in [0.3, 0.4) is 0 Å². The third-order valence-electron chi connectivity index (χ3n) is 3.25. The van der Waals surface area contributed by atoms with E-state index in [4.69, 9.17) is 25.8 Å². The fourth-order valence-corrected chi connectivity index (χ4v) is 2.33. The summed E-state index contributed by atoms with van der Waals surface area (Å²) in [6, 6.07) is 11.3. The lowest BCUT2D eigenvalue weighted by Gasteiger charge is -2.07. The van der Waals surface area contributed by atoms with Gasteiger partial charge in [0.15, 0.2) is 11.5 Å². The highest BCUT2D eigenvalue weighted by Gasteiger charge is 2.15. The molecule has 0 amide bonds. The predicted molar refractivity (Wildman–Crippen MR) is 85.0 cm³/mol. The monoisotopic (exact) mass is 318 g/mol. The molecule has 1 N–H and O–H groups in total. The SMILES string of the molecule is COc1ccccc1CN/N=C\c1cc2c(cc1Cl)OCO2. The van der Waals surface area contributed by atoms with Gasteiger partial charge in [-0.05, 0) is 12.1 Å². The van der Waals surface area contributed by atoms with Gasteiger partial charge in [0.2, 0.25) is 6.79 Å². The van der Waals surface area contributed by atoms with E-state index >= 15 is 0 Å². The van der Waals surface area contributed by atoms with Gasteiger partial charge in [0.1, 0.15) is 5.75 Å². The van der Waals surface area contributed by atoms with Crippen LogP contribution in [-0.2, 0) is 6.54 Å². The molecule has 114 valence electrons. The normalized spacial score (nSPS) is 12.6. The van der Waals surface area contributed by atoms with Gasteiger partial charge in [0.05, 0.1) is 24.9 Å². The summed E-state index contributed by atoms with van der Waals surface area (Å²) in [6.07, 6.45) is 1.65. The number of nitrogens with one attached hydrogen (secondary N) is 1. The van der Waals surface area contributed by atoms with Crippen molar-refractivity contribution >= 4 is 17.8 Å². The minimum Gasteiger partial charge on any atom is -0.496 e. The molecule has 0 saturated carbocycles. The van der Waals surface area contributed by atoms with Crippen LogP contribution in [-0.4, -0.2) is 20.1 Å². The first kappa shape index (κ1) is 14.5. The van der Waals surface area contributed by atoms with E-state index in [9.17, 15) is 0 Å². The number of nitrogens with zero attached hydrogens (tertiary/aromatic N) is 1. The van der Waals surface area contributed by atoms with E-state index in [1.54, 1.807) is 25.5 Å². The van der Waals surface area contributed by atoms with E-state index in [0.717, 1.165) is 16.9 Å². The van der Waals surface area contributed by atoms with Gasteiger partial charge in [-0.3, -0.25) is 0 Å². The molecule has 3 rings (SSSR count). The number of para-hydroxylation sites is 1. The molecule has 0 radical (unpaired) electrons. The lowest BCUT2D eigenvalue weighted by molar-refractivity contribution is 0.174. The average Bonchev–Trinajstić information content (AvgIpc) is 2.99. The molecule has 22 heavy (non-hydrogen) atoms. The Morgan fingerprint density at radius 1 is 1.27 bits per heavy atom. The highest BCUT2D eigenvalue weighted by molar-refractivity contribution is 6.33. The van der Waals surface area contributed by atoms with Gasteiger partial charge in [-0.1, -0.05) is 29.8 Å². The van der Waals surface area contributed by atoms with Gasteiger partial charge >= 0.3 is 0 Å². The van der Waals surface area contributed by atoms with Crippen LogP contribution < -0.4 is 19.6 Å². The summed E-state index contributed by atoms with van der Waals surface area (Å²) >= 11 is 6.18. The number of methoxy groups -OCH3 is 1. The first-order chi connectivity index (χ1) is 10.8. The molecular formula is C16H15ClN2O3. The van der Waals surface area contributed by atoms with Crippen molar-refractivity contribution in [2.75, 3.05) is 13.9 Å². The molecule has 1 aliphatic rings. The van der Waals surface area contributed by atoms with Crippen molar-refractivity contribution in [1.29, 1.82) is 0 Å². The Kier molecular flexibility index (Phi) is 4.34. The smallest absolute Gasteiger partial charge is 0.231 e. The molecule has 0 aromatic heterocycles. The van der Waals surface area contributed by atoms with Crippen molar-refractivity contribution in [1.82, 2.24) is 5.43 Å². The number of hydrogen-bond acceptors (Lipinski definition) is 5. The number of fused-ring (bicyclic) bond motifs is 1. The van der Waals surface area contributed by atoms with E-state index < -0.39 is 0 Å². The van der Waals surface area contributed by atoms with Gasteiger partial charge < -0.3 is 19.6 Å². The molecule has 0 bridgehead atoms. The van der Waals surface area contributed by atoms with Crippen LogP contribution in [0.2, 0.25) is 5.02 Å². The Balaban J connectivity index is 1.65. The van der Waals surface area contributed by atoms with Crippen LogP contribution in [0.4, 0.5) is 0 Å². The van der Waals surface area contributed by atoms with Gasteiger partial charge in [0.25, 0.3) is 0 Å². The van der Waals surface area contributed by atoms with Gasteiger partial charge in [-0.25, -0.2) is 0 Å². The summed E-state index contributed by atoms with van der Waals surface area (Å²) < 4.78 is 15.9. The Morgan fingerprint density at radius 2 is 2.05 bits per heavy atom. The maximum Gasteiger partial charge on any atom is 0.231 e. The average molecular weight is 319 g/mol.